The Bertz CT molecular complexity index is 1770. The average Bonchev–Trinajstić information content (AvgIpc) is 3.62. The van der Waals surface area contributed by atoms with E-state index in [1.54, 1.807) is 19.1 Å². The molecule has 2 bridgehead atoms. The number of aliphatic hydroxyl groups is 2. The van der Waals surface area contributed by atoms with Crippen molar-refractivity contribution in [2.45, 2.75) is 130 Å². The Labute approximate surface area is 334 Å². The van der Waals surface area contributed by atoms with Gasteiger partial charge in [-0.3, -0.25) is 14.4 Å². The topological polar surface area (TPSA) is 133 Å². The SMILES string of the molecule is COc1c(CN2O[C@@H](CO)[C@@H]([C@H](C)O)[C@H]2C(=O)N[C@H]2C[C@@H]3C[C@H]([C@@H]2C)C3(C)C)cccc1-c1cc2c(c(C(=O)N[C@H](CN(C)C)CC(C)(C)C)c1)OC(C)(C)C2. The van der Waals surface area contributed by atoms with Gasteiger partial charge in [-0.25, -0.2) is 0 Å². The van der Waals surface area contributed by atoms with Crippen LogP contribution in [0.25, 0.3) is 11.1 Å². The Morgan fingerprint density at radius 3 is 2.43 bits per heavy atom. The van der Waals surface area contributed by atoms with Crippen LogP contribution >= 0.6 is 0 Å². The molecule has 4 N–H and O–H groups in total. The van der Waals surface area contributed by atoms with E-state index in [2.05, 4.69) is 63.1 Å². The highest BCUT2D eigenvalue weighted by molar-refractivity contribution is 5.99. The maximum absolute atomic E-state index is 14.3. The van der Waals surface area contributed by atoms with Gasteiger partial charge in [-0.2, -0.15) is 5.06 Å². The number of rotatable bonds is 13. The number of ether oxygens (including phenoxy) is 2. The Morgan fingerprint density at radius 2 is 1.84 bits per heavy atom. The van der Waals surface area contributed by atoms with E-state index < -0.39 is 29.8 Å². The first-order valence-electron chi connectivity index (χ1n) is 20.6. The first-order chi connectivity index (χ1) is 26.1. The Balaban J connectivity index is 1.32. The van der Waals surface area contributed by atoms with Gasteiger partial charge >= 0.3 is 0 Å². The average molecular weight is 777 g/mol. The van der Waals surface area contributed by atoms with E-state index in [9.17, 15) is 19.8 Å². The number of nitrogens with zero attached hydrogens (tertiary/aromatic N) is 2. The molecule has 0 radical (unpaired) electrons. The van der Waals surface area contributed by atoms with Crippen molar-refractivity contribution in [3.05, 3.63) is 47.0 Å². The molecule has 7 rings (SSSR count). The number of hydrogen-bond donors (Lipinski definition) is 4. The van der Waals surface area contributed by atoms with Crippen LogP contribution in [0, 0.1) is 34.5 Å². The number of fused-ring (bicyclic) bond motifs is 3. The van der Waals surface area contributed by atoms with Crippen molar-refractivity contribution in [2.24, 2.45) is 34.5 Å². The summed E-state index contributed by atoms with van der Waals surface area (Å²) >= 11 is 0. The fourth-order valence-electron chi connectivity index (χ4n) is 10.5. The summed E-state index contributed by atoms with van der Waals surface area (Å²) in [6, 6.07) is 8.96. The number of para-hydroxylation sites is 1. The van der Waals surface area contributed by atoms with Crippen LogP contribution in [0.3, 0.4) is 0 Å². The van der Waals surface area contributed by atoms with Crippen molar-refractivity contribution >= 4 is 11.8 Å². The zero-order valence-corrected chi connectivity index (χ0v) is 35.9. The van der Waals surface area contributed by atoms with Crippen LogP contribution in [-0.4, -0.2) is 102 Å². The maximum atomic E-state index is 14.3. The molecule has 0 spiro atoms. The number of aliphatic hydroxyl groups excluding tert-OH is 2. The predicted octanol–water partition coefficient (Wildman–Crippen LogP) is 5.83. The second-order valence-corrected chi connectivity index (χ2v) is 20.0. The van der Waals surface area contributed by atoms with Gasteiger partial charge in [0, 0.05) is 42.1 Å². The summed E-state index contributed by atoms with van der Waals surface area (Å²) in [7, 11) is 5.65. The normalized spacial score (nSPS) is 28.9. The standard InChI is InChI=1S/C45H68N4O7/c1-25-34-18-30(45(34,8)9)19-35(25)47-42(53)38-37(26(2)51)36(24-50)56-49(38)22-27-14-13-15-32(39(27)54-12)28-16-29-20-44(6,7)55-40(29)33(17-28)41(52)46-31(23-48(10)11)21-43(3,4)5/h13-17,25-26,30-31,34-38,50-51H,18-24H2,1-12H3,(H,46,52)(H,47,53)/t25-,26-,30-,31-,34+,35-,36-,37+,38-/m0/s1. The van der Waals surface area contributed by atoms with Crippen molar-refractivity contribution in [3.63, 3.8) is 0 Å². The molecule has 2 heterocycles. The molecule has 11 heteroatoms. The number of carbonyl (C=O) groups is 2. The number of hydroxylamine groups is 2. The van der Waals surface area contributed by atoms with E-state index in [1.807, 2.05) is 52.2 Å². The van der Waals surface area contributed by atoms with Gasteiger partial charge in [-0.15, -0.1) is 0 Å². The molecule has 4 fully saturated rings. The summed E-state index contributed by atoms with van der Waals surface area (Å²) in [6.45, 7) is 19.7. The summed E-state index contributed by atoms with van der Waals surface area (Å²) < 4.78 is 12.6. The predicted molar refractivity (Wildman–Crippen MR) is 218 cm³/mol. The van der Waals surface area contributed by atoms with E-state index in [0.29, 0.717) is 47.8 Å². The summed E-state index contributed by atoms with van der Waals surface area (Å²) in [5.74, 6) is 1.62. The van der Waals surface area contributed by atoms with Crippen LogP contribution in [-0.2, 0) is 22.6 Å². The molecule has 1 saturated heterocycles. The third kappa shape index (κ3) is 8.48. The summed E-state index contributed by atoms with van der Waals surface area (Å²) in [4.78, 5) is 37.0. The second-order valence-electron chi connectivity index (χ2n) is 20.0. The maximum Gasteiger partial charge on any atom is 0.255 e. The van der Waals surface area contributed by atoms with E-state index in [-0.39, 0.29) is 47.9 Å². The molecule has 2 aromatic rings. The number of methoxy groups -OCH3 is 1. The van der Waals surface area contributed by atoms with Gasteiger partial charge in [0.25, 0.3) is 5.91 Å². The van der Waals surface area contributed by atoms with E-state index in [1.165, 1.54) is 6.42 Å². The lowest BCUT2D eigenvalue weighted by Gasteiger charge is -2.62. The smallest absolute Gasteiger partial charge is 0.255 e. The van der Waals surface area contributed by atoms with Crippen LogP contribution in [0.4, 0.5) is 0 Å². The zero-order valence-electron chi connectivity index (χ0n) is 35.9. The van der Waals surface area contributed by atoms with Crippen molar-refractivity contribution < 1.29 is 34.1 Å². The lowest BCUT2D eigenvalue weighted by atomic mass is 9.45. The summed E-state index contributed by atoms with van der Waals surface area (Å²) in [5, 5.41) is 29.7. The number of amides is 2. The lowest BCUT2D eigenvalue weighted by Crippen LogP contribution is -2.62. The van der Waals surface area contributed by atoms with Crippen LogP contribution in [0.1, 0.15) is 103 Å². The van der Waals surface area contributed by atoms with Gasteiger partial charge in [0.1, 0.15) is 29.2 Å². The number of hydrogen-bond acceptors (Lipinski definition) is 9. The molecule has 0 aromatic heterocycles. The molecule has 2 aliphatic heterocycles. The molecule has 5 aliphatic rings. The van der Waals surface area contributed by atoms with Gasteiger partial charge in [0.05, 0.1) is 31.9 Å². The van der Waals surface area contributed by atoms with Crippen molar-refractivity contribution in [2.75, 3.05) is 34.4 Å². The van der Waals surface area contributed by atoms with Gasteiger partial charge in [-0.1, -0.05) is 59.7 Å². The molecule has 2 aromatic carbocycles. The highest BCUT2D eigenvalue weighted by Gasteiger charge is 2.57. The Kier molecular flexibility index (Phi) is 12.0. The minimum absolute atomic E-state index is 0.0149. The number of nitrogens with one attached hydrogen (secondary N) is 2. The third-order valence-corrected chi connectivity index (χ3v) is 13.2. The monoisotopic (exact) mass is 777 g/mol. The largest absolute Gasteiger partial charge is 0.496 e. The molecule has 310 valence electrons. The molecule has 9 atom stereocenters. The van der Waals surface area contributed by atoms with Gasteiger partial charge in [0.15, 0.2) is 0 Å². The molecule has 2 amide bonds. The Morgan fingerprint density at radius 1 is 1.12 bits per heavy atom. The number of likely N-dealkylation sites (N-methyl/N-ethyl adjacent to an activating group) is 1. The Hall–Kier alpha value is -3.22. The third-order valence-electron chi connectivity index (χ3n) is 13.2. The van der Waals surface area contributed by atoms with Gasteiger partial charge in [0.2, 0.25) is 5.91 Å². The van der Waals surface area contributed by atoms with Gasteiger partial charge in [-0.05, 0) is 106 Å². The van der Waals surface area contributed by atoms with Crippen molar-refractivity contribution in [3.8, 4) is 22.6 Å². The first-order valence-corrected chi connectivity index (χ1v) is 20.6. The summed E-state index contributed by atoms with van der Waals surface area (Å²) in [5.41, 5.74) is 3.62. The first kappa shape index (κ1) is 42.4. The van der Waals surface area contributed by atoms with Crippen LogP contribution < -0.4 is 20.1 Å². The minimum atomic E-state index is -0.902. The zero-order chi connectivity index (χ0) is 41.1. The highest BCUT2D eigenvalue weighted by Crippen LogP contribution is 2.61. The van der Waals surface area contributed by atoms with E-state index in [0.717, 1.165) is 35.1 Å². The number of benzene rings is 2. The fourth-order valence-corrected chi connectivity index (χ4v) is 10.5. The van der Waals surface area contributed by atoms with Crippen LogP contribution in [0.5, 0.6) is 11.5 Å². The quantitative estimate of drug-likeness (QED) is 0.198. The van der Waals surface area contributed by atoms with Crippen LogP contribution in [0.15, 0.2) is 30.3 Å². The van der Waals surface area contributed by atoms with E-state index >= 15 is 0 Å². The minimum Gasteiger partial charge on any atom is -0.496 e. The van der Waals surface area contributed by atoms with Crippen LogP contribution in [0.2, 0.25) is 0 Å². The fraction of sp³-hybridized carbons (Fsp3) is 0.689. The molecule has 0 unspecified atom stereocenters. The molecular formula is C45H68N4O7. The molecule has 11 nitrogen and oxygen atoms in total. The summed E-state index contributed by atoms with van der Waals surface area (Å²) in [6.07, 6.45) is 1.92. The van der Waals surface area contributed by atoms with E-state index in [4.69, 9.17) is 14.3 Å². The van der Waals surface area contributed by atoms with Crippen molar-refractivity contribution in [1.29, 1.82) is 0 Å². The highest BCUT2D eigenvalue weighted by atomic mass is 16.7. The molecular weight excluding hydrogens is 709 g/mol. The molecule has 3 aliphatic carbocycles. The lowest BCUT2D eigenvalue weighted by molar-refractivity contribution is -0.183. The van der Waals surface area contributed by atoms with Crippen molar-refractivity contribution in [1.82, 2.24) is 20.6 Å². The van der Waals surface area contributed by atoms with Gasteiger partial charge < -0.3 is 35.2 Å². The molecule has 3 saturated carbocycles. The number of carbonyl (C=O) groups excluding carboxylic acids is 2. The second kappa shape index (κ2) is 15.9. The molecule has 56 heavy (non-hydrogen) atoms.